The maximum absolute atomic E-state index is 11.8. The van der Waals surface area contributed by atoms with E-state index in [0.29, 0.717) is 10.7 Å². The number of para-hydroxylation sites is 1. The second-order valence-corrected chi connectivity index (χ2v) is 5.73. The molecule has 0 bridgehead atoms. The van der Waals surface area contributed by atoms with E-state index in [4.69, 9.17) is 11.6 Å². The highest BCUT2D eigenvalue weighted by Gasteiger charge is 2.15. The summed E-state index contributed by atoms with van der Waals surface area (Å²) in [5, 5.41) is 6.95. The van der Waals surface area contributed by atoms with Gasteiger partial charge >= 0.3 is 11.8 Å². The van der Waals surface area contributed by atoms with Crippen LogP contribution in [0.25, 0.3) is 0 Å². The Kier molecular flexibility index (Phi) is 6.40. The first-order valence-corrected chi connectivity index (χ1v) is 7.96. The van der Waals surface area contributed by atoms with Crippen molar-refractivity contribution in [1.82, 2.24) is 5.43 Å². The molecule has 0 aliphatic heterocycles. The third-order valence-electron chi connectivity index (χ3n) is 3.57. The van der Waals surface area contributed by atoms with Gasteiger partial charge < -0.3 is 5.32 Å². The normalized spacial score (nSPS) is 15.4. The van der Waals surface area contributed by atoms with Gasteiger partial charge in [-0.3, -0.25) is 9.59 Å². The van der Waals surface area contributed by atoms with Gasteiger partial charge in [0, 0.05) is 5.71 Å². The molecule has 0 aromatic heterocycles. The smallest absolute Gasteiger partial charge is 0.316 e. The number of amides is 2. The van der Waals surface area contributed by atoms with Gasteiger partial charge in [-0.05, 0) is 37.8 Å². The topological polar surface area (TPSA) is 70.6 Å². The molecule has 5 nitrogen and oxygen atoms in total. The summed E-state index contributed by atoms with van der Waals surface area (Å²) < 4.78 is 0. The van der Waals surface area contributed by atoms with E-state index in [-0.39, 0.29) is 0 Å². The number of hydrogen-bond acceptors (Lipinski definition) is 3. The minimum Gasteiger partial charge on any atom is -0.316 e. The Morgan fingerprint density at radius 3 is 2.27 bits per heavy atom. The Hall–Kier alpha value is -1.88. The summed E-state index contributed by atoms with van der Waals surface area (Å²) in [4.78, 5) is 23.6. The van der Waals surface area contributed by atoms with Crippen LogP contribution in [-0.4, -0.2) is 17.5 Å². The van der Waals surface area contributed by atoms with Gasteiger partial charge in [0.1, 0.15) is 0 Å². The molecule has 0 heterocycles. The maximum Gasteiger partial charge on any atom is 0.329 e. The molecule has 22 heavy (non-hydrogen) atoms. The zero-order chi connectivity index (χ0) is 15.8. The third-order valence-corrected chi connectivity index (χ3v) is 3.90. The Bertz CT molecular complexity index is 562. The number of carbonyl (C=O) groups is 2. The molecule has 0 unspecified atom stereocenters. The van der Waals surface area contributed by atoms with Gasteiger partial charge in [-0.25, -0.2) is 5.43 Å². The predicted octanol–water partition coefficient (Wildman–Crippen LogP) is 3.50. The van der Waals surface area contributed by atoms with Crippen molar-refractivity contribution in [2.24, 2.45) is 5.10 Å². The highest BCUT2D eigenvalue weighted by atomic mass is 35.5. The lowest BCUT2D eigenvalue weighted by molar-refractivity contribution is -0.136. The molecule has 6 heteroatoms. The van der Waals surface area contributed by atoms with Gasteiger partial charge in [0.25, 0.3) is 0 Å². The molecule has 1 aromatic carbocycles. The van der Waals surface area contributed by atoms with Crippen molar-refractivity contribution in [3.63, 3.8) is 0 Å². The average Bonchev–Trinajstić information content (AvgIpc) is 2.48. The molecule has 2 N–H and O–H groups in total. The second kappa shape index (κ2) is 8.54. The molecule has 0 atom stereocenters. The molecule has 2 rings (SSSR count). The van der Waals surface area contributed by atoms with Crippen LogP contribution in [0, 0.1) is 0 Å². The molecule has 0 spiro atoms. The van der Waals surface area contributed by atoms with E-state index in [9.17, 15) is 9.59 Å². The Morgan fingerprint density at radius 2 is 1.59 bits per heavy atom. The lowest BCUT2D eigenvalue weighted by atomic mass is 9.99. The SMILES string of the molecule is O=C(NN=C1CCCCCCC1)C(=O)Nc1ccccc1Cl. The van der Waals surface area contributed by atoms with E-state index in [0.717, 1.165) is 31.4 Å². The molecule has 2 amide bonds. The molecule has 1 aliphatic rings. The van der Waals surface area contributed by atoms with Gasteiger partial charge in [-0.2, -0.15) is 5.10 Å². The summed E-state index contributed by atoms with van der Waals surface area (Å²) in [7, 11) is 0. The fourth-order valence-corrected chi connectivity index (χ4v) is 2.53. The van der Waals surface area contributed by atoms with E-state index in [1.807, 2.05) is 0 Å². The molecule has 118 valence electrons. The number of nitrogens with zero attached hydrogens (tertiary/aromatic N) is 1. The molecule has 0 radical (unpaired) electrons. The van der Waals surface area contributed by atoms with Gasteiger partial charge in [-0.1, -0.05) is 43.0 Å². The van der Waals surface area contributed by atoms with Crippen molar-refractivity contribution in [3.05, 3.63) is 29.3 Å². The van der Waals surface area contributed by atoms with Crippen LogP contribution in [0.1, 0.15) is 44.9 Å². The zero-order valence-corrected chi connectivity index (χ0v) is 13.2. The fraction of sp³-hybridized carbons (Fsp3) is 0.438. The summed E-state index contributed by atoms with van der Waals surface area (Å²) in [6, 6.07) is 6.75. The van der Waals surface area contributed by atoms with E-state index >= 15 is 0 Å². The summed E-state index contributed by atoms with van der Waals surface area (Å²) in [5.74, 6) is -1.56. The van der Waals surface area contributed by atoms with Crippen molar-refractivity contribution >= 4 is 34.8 Å². The molecular formula is C16H20ClN3O2. The van der Waals surface area contributed by atoms with Gasteiger partial charge in [0.15, 0.2) is 0 Å². The third kappa shape index (κ3) is 5.15. The Balaban J connectivity index is 1.88. The molecular weight excluding hydrogens is 302 g/mol. The first-order valence-electron chi connectivity index (χ1n) is 7.58. The number of halogens is 1. The van der Waals surface area contributed by atoms with Crippen molar-refractivity contribution in [2.45, 2.75) is 44.9 Å². The standard InChI is InChI=1S/C16H20ClN3O2/c17-13-10-6-7-11-14(13)18-15(21)16(22)20-19-12-8-4-2-1-3-5-9-12/h6-7,10-11H,1-5,8-9H2,(H,18,21)(H,20,22). The molecule has 1 saturated carbocycles. The van der Waals surface area contributed by atoms with Crippen molar-refractivity contribution < 1.29 is 9.59 Å². The van der Waals surface area contributed by atoms with Crippen LogP contribution < -0.4 is 10.7 Å². The summed E-state index contributed by atoms with van der Waals surface area (Å²) in [6.07, 6.45) is 7.58. The van der Waals surface area contributed by atoms with E-state index < -0.39 is 11.8 Å². The monoisotopic (exact) mass is 321 g/mol. The quantitative estimate of drug-likeness (QED) is 0.646. The van der Waals surface area contributed by atoms with Crippen LogP contribution in [0.3, 0.4) is 0 Å². The number of carbonyl (C=O) groups excluding carboxylic acids is 2. The van der Waals surface area contributed by atoms with E-state index in [2.05, 4.69) is 15.8 Å². The first kappa shape index (κ1) is 16.5. The molecule has 1 aromatic rings. The fourth-order valence-electron chi connectivity index (χ4n) is 2.35. The molecule has 1 fully saturated rings. The van der Waals surface area contributed by atoms with Crippen LogP contribution in [0.2, 0.25) is 5.02 Å². The number of anilines is 1. The van der Waals surface area contributed by atoms with Crippen LogP contribution in [0.4, 0.5) is 5.69 Å². The van der Waals surface area contributed by atoms with Crippen molar-refractivity contribution in [1.29, 1.82) is 0 Å². The van der Waals surface area contributed by atoms with Gasteiger partial charge in [0.05, 0.1) is 10.7 Å². The second-order valence-electron chi connectivity index (χ2n) is 5.32. The largest absolute Gasteiger partial charge is 0.329 e. The molecule has 1 aliphatic carbocycles. The minimum atomic E-state index is -0.783. The van der Waals surface area contributed by atoms with Gasteiger partial charge in [-0.15, -0.1) is 0 Å². The lowest BCUT2D eigenvalue weighted by Gasteiger charge is -2.11. The summed E-state index contributed by atoms with van der Waals surface area (Å²) >= 11 is 5.93. The van der Waals surface area contributed by atoms with Crippen molar-refractivity contribution in [3.8, 4) is 0 Å². The molecule has 0 saturated heterocycles. The Labute approximate surface area is 135 Å². The highest BCUT2D eigenvalue weighted by Crippen LogP contribution is 2.20. The van der Waals surface area contributed by atoms with E-state index in [1.54, 1.807) is 24.3 Å². The minimum absolute atomic E-state index is 0.384. The van der Waals surface area contributed by atoms with Crippen molar-refractivity contribution in [2.75, 3.05) is 5.32 Å². The average molecular weight is 322 g/mol. The number of benzene rings is 1. The Morgan fingerprint density at radius 1 is 0.955 bits per heavy atom. The number of hydrogen-bond donors (Lipinski definition) is 2. The summed E-state index contributed by atoms with van der Waals surface area (Å²) in [5.41, 5.74) is 3.70. The number of hydrazone groups is 1. The lowest BCUT2D eigenvalue weighted by Crippen LogP contribution is -2.33. The van der Waals surface area contributed by atoms with Crippen LogP contribution in [0.5, 0.6) is 0 Å². The van der Waals surface area contributed by atoms with E-state index in [1.165, 1.54) is 19.3 Å². The van der Waals surface area contributed by atoms with Crippen LogP contribution >= 0.6 is 11.6 Å². The number of nitrogens with one attached hydrogen (secondary N) is 2. The number of rotatable bonds is 2. The summed E-state index contributed by atoms with van der Waals surface area (Å²) in [6.45, 7) is 0. The zero-order valence-electron chi connectivity index (χ0n) is 12.4. The van der Waals surface area contributed by atoms with Gasteiger partial charge in [0.2, 0.25) is 0 Å². The highest BCUT2D eigenvalue weighted by molar-refractivity contribution is 6.41. The predicted molar refractivity (Wildman–Crippen MR) is 88.0 cm³/mol. The van der Waals surface area contributed by atoms with Crippen LogP contribution in [0.15, 0.2) is 29.4 Å². The maximum atomic E-state index is 11.8. The van der Waals surface area contributed by atoms with Crippen LogP contribution in [-0.2, 0) is 9.59 Å². The first-order chi connectivity index (χ1) is 10.7.